The number of fused-ring (bicyclic) bond motifs is 9. The Kier molecular flexibility index (Phi) is 7.84. The van der Waals surface area contributed by atoms with E-state index in [2.05, 4.69) is 214 Å². The number of pyridine rings is 2. The summed E-state index contributed by atoms with van der Waals surface area (Å²) in [5.41, 5.74) is 17.1. The molecule has 5 nitrogen and oxygen atoms in total. The molecule has 13 aromatic rings. The molecule has 294 valence electrons. The summed E-state index contributed by atoms with van der Waals surface area (Å²) in [6.07, 6.45) is 1.82. The van der Waals surface area contributed by atoms with Gasteiger partial charge in [0.1, 0.15) is 16.9 Å². The van der Waals surface area contributed by atoms with Crippen LogP contribution in [-0.4, -0.2) is 19.1 Å². The van der Waals surface area contributed by atoms with Crippen molar-refractivity contribution in [1.29, 1.82) is 0 Å². The highest BCUT2D eigenvalue weighted by Gasteiger charge is 2.19. The lowest BCUT2D eigenvalue weighted by molar-refractivity contribution is 0.668. The van der Waals surface area contributed by atoms with Gasteiger partial charge >= 0.3 is 0 Å². The molecule has 0 saturated carbocycles. The topological polar surface area (TPSA) is 48.8 Å². The molecule has 0 amide bonds. The number of benzene rings is 8. The first-order valence-electron chi connectivity index (χ1n) is 21.3. The number of rotatable bonds is 6. The van der Waals surface area contributed by atoms with Crippen molar-refractivity contribution in [2.24, 2.45) is 0 Å². The monoisotopic (exact) mass is 804 g/mol. The SMILES string of the molecule is c1ccc(-c2cc(-c3ccccc3)nc(-n3c4ccccc4c4cc(-c5ccc6c(c5)c5ccccc5n6-c5cccc(-c6ccc7oc8cccnc8c7c6)c5)ccc43)c2)cc1. The van der Waals surface area contributed by atoms with Gasteiger partial charge in [-0.3, -0.25) is 9.55 Å². The fraction of sp³-hybridized carbons (Fsp3) is 0. The quantitative estimate of drug-likeness (QED) is 0.168. The lowest BCUT2D eigenvalue weighted by Gasteiger charge is -2.13. The number of nitrogens with zero attached hydrogens (tertiary/aromatic N) is 4. The lowest BCUT2D eigenvalue weighted by Crippen LogP contribution is -2.00. The molecular weight excluding hydrogens is 769 g/mol. The van der Waals surface area contributed by atoms with Gasteiger partial charge in [0.15, 0.2) is 5.58 Å². The van der Waals surface area contributed by atoms with E-state index in [1.54, 1.807) is 0 Å². The highest BCUT2D eigenvalue weighted by Crippen LogP contribution is 2.40. The van der Waals surface area contributed by atoms with Crippen LogP contribution >= 0.6 is 0 Å². The Balaban J connectivity index is 0.938. The van der Waals surface area contributed by atoms with E-state index in [0.29, 0.717) is 0 Å². The Labute approximate surface area is 362 Å². The minimum absolute atomic E-state index is 0.800. The molecule has 63 heavy (non-hydrogen) atoms. The Morgan fingerprint density at radius 3 is 1.63 bits per heavy atom. The summed E-state index contributed by atoms with van der Waals surface area (Å²) in [6, 6.07) is 75.8. The van der Waals surface area contributed by atoms with E-state index >= 15 is 0 Å². The van der Waals surface area contributed by atoms with Gasteiger partial charge in [0.05, 0.1) is 27.8 Å². The summed E-state index contributed by atoms with van der Waals surface area (Å²) < 4.78 is 10.8. The number of hydrogen-bond acceptors (Lipinski definition) is 3. The first kappa shape index (κ1) is 35.2. The molecule has 0 fully saturated rings. The van der Waals surface area contributed by atoms with Gasteiger partial charge in [0.25, 0.3) is 0 Å². The maximum Gasteiger partial charge on any atom is 0.153 e. The third-order valence-corrected chi connectivity index (χ3v) is 12.6. The zero-order chi connectivity index (χ0) is 41.4. The zero-order valence-corrected chi connectivity index (χ0v) is 34.0. The Hall–Kier alpha value is -8.54. The second kappa shape index (κ2) is 14.0. The molecule has 0 aliphatic heterocycles. The summed E-state index contributed by atoms with van der Waals surface area (Å²) in [5, 5.41) is 5.83. The maximum absolute atomic E-state index is 6.09. The van der Waals surface area contributed by atoms with Crippen molar-refractivity contribution in [2.75, 3.05) is 0 Å². The van der Waals surface area contributed by atoms with Crippen LogP contribution in [0.15, 0.2) is 223 Å². The smallest absolute Gasteiger partial charge is 0.153 e. The molecule has 5 heteroatoms. The van der Waals surface area contributed by atoms with Crippen LogP contribution in [0.4, 0.5) is 0 Å². The Morgan fingerprint density at radius 1 is 0.333 bits per heavy atom. The number of hydrogen-bond donors (Lipinski definition) is 0. The molecule has 0 bridgehead atoms. The van der Waals surface area contributed by atoms with Crippen molar-refractivity contribution in [2.45, 2.75) is 0 Å². The van der Waals surface area contributed by atoms with Gasteiger partial charge in [0.2, 0.25) is 0 Å². The van der Waals surface area contributed by atoms with E-state index in [9.17, 15) is 0 Å². The summed E-state index contributed by atoms with van der Waals surface area (Å²) in [4.78, 5) is 9.97. The molecule has 0 N–H and O–H groups in total. The molecule has 0 aliphatic carbocycles. The molecule has 5 aromatic heterocycles. The van der Waals surface area contributed by atoms with Crippen molar-refractivity contribution in [1.82, 2.24) is 19.1 Å². The van der Waals surface area contributed by atoms with Crippen molar-refractivity contribution >= 4 is 65.7 Å². The van der Waals surface area contributed by atoms with Crippen LogP contribution in [0.2, 0.25) is 0 Å². The average Bonchev–Trinajstić information content (AvgIpc) is 4.01. The second-order valence-electron chi connectivity index (χ2n) is 16.2. The third-order valence-electron chi connectivity index (χ3n) is 12.6. The highest BCUT2D eigenvalue weighted by atomic mass is 16.3. The standard InChI is InChI=1S/C58H36N4O/c1-3-13-37(14-4-1)43-35-50(38-15-5-2-6-16-38)60-57(36-43)62-52-22-10-8-20-46(52)48-33-41(25-28-54(48)62)40-24-27-53-47(32-40)45-19-7-9-21-51(45)61(53)44-18-11-17-39(31-44)42-26-29-55-49(34-42)58-56(63-55)23-12-30-59-58/h1-36H. The predicted octanol–water partition coefficient (Wildman–Crippen LogP) is 15.2. The van der Waals surface area contributed by atoms with Crippen molar-refractivity contribution in [3.63, 3.8) is 0 Å². The van der Waals surface area contributed by atoms with Crippen LogP contribution in [0.5, 0.6) is 0 Å². The van der Waals surface area contributed by atoms with E-state index in [0.717, 1.165) is 83.6 Å². The molecule has 0 radical (unpaired) electrons. The molecule has 0 unspecified atom stereocenters. The Bertz CT molecular complexity index is 3860. The van der Waals surface area contributed by atoms with Crippen LogP contribution in [-0.2, 0) is 0 Å². The first-order chi connectivity index (χ1) is 31.2. The molecule has 0 spiro atoms. The summed E-state index contributed by atoms with van der Waals surface area (Å²) in [6.45, 7) is 0. The van der Waals surface area contributed by atoms with Gasteiger partial charge < -0.3 is 8.98 Å². The molecule has 0 atom stereocenters. The molecule has 0 saturated heterocycles. The number of aromatic nitrogens is 4. The first-order valence-corrected chi connectivity index (χ1v) is 21.3. The van der Waals surface area contributed by atoms with E-state index < -0.39 is 0 Å². The number of furan rings is 1. The van der Waals surface area contributed by atoms with E-state index in [1.165, 1.54) is 38.2 Å². The highest BCUT2D eigenvalue weighted by molar-refractivity contribution is 6.13. The molecular formula is C58H36N4O. The van der Waals surface area contributed by atoms with Crippen LogP contribution in [0.25, 0.3) is 122 Å². The van der Waals surface area contributed by atoms with Gasteiger partial charge in [0, 0.05) is 44.4 Å². The van der Waals surface area contributed by atoms with Crippen LogP contribution < -0.4 is 0 Å². The van der Waals surface area contributed by atoms with Gasteiger partial charge in [-0.05, 0) is 118 Å². The van der Waals surface area contributed by atoms with Gasteiger partial charge in [-0.15, -0.1) is 0 Å². The van der Waals surface area contributed by atoms with Gasteiger partial charge in [-0.1, -0.05) is 127 Å². The van der Waals surface area contributed by atoms with Crippen LogP contribution in [0, 0.1) is 0 Å². The van der Waals surface area contributed by atoms with Gasteiger partial charge in [-0.25, -0.2) is 4.98 Å². The van der Waals surface area contributed by atoms with E-state index in [4.69, 9.17) is 9.40 Å². The largest absolute Gasteiger partial charge is 0.454 e. The van der Waals surface area contributed by atoms with Crippen molar-refractivity contribution in [3.8, 4) is 56.1 Å². The fourth-order valence-electron chi connectivity index (χ4n) is 9.62. The Morgan fingerprint density at radius 2 is 0.905 bits per heavy atom. The van der Waals surface area contributed by atoms with Crippen LogP contribution in [0.3, 0.4) is 0 Å². The molecule has 0 aliphatic rings. The minimum Gasteiger partial charge on any atom is -0.454 e. The molecule has 8 aromatic carbocycles. The molecule has 13 rings (SSSR count). The lowest BCUT2D eigenvalue weighted by atomic mass is 10.0. The van der Waals surface area contributed by atoms with E-state index in [1.807, 2.05) is 18.3 Å². The maximum atomic E-state index is 6.09. The summed E-state index contributed by atoms with van der Waals surface area (Å²) in [7, 11) is 0. The fourth-order valence-corrected chi connectivity index (χ4v) is 9.62. The third kappa shape index (κ3) is 5.71. The van der Waals surface area contributed by atoms with Crippen LogP contribution in [0.1, 0.15) is 0 Å². The molecule has 5 heterocycles. The second-order valence-corrected chi connectivity index (χ2v) is 16.2. The normalized spacial score (nSPS) is 11.8. The minimum atomic E-state index is 0.800. The van der Waals surface area contributed by atoms with Crippen molar-refractivity contribution in [3.05, 3.63) is 219 Å². The van der Waals surface area contributed by atoms with E-state index in [-0.39, 0.29) is 0 Å². The average molecular weight is 805 g/mol. The predicted molar refractivity (Wildman–Crippen MR) is 260 cm³/mol. The zero-order valence-electron chi connectivity index (χ0n) is 34.0. The van der Waals surface area contributed by atoms with Crippen molar-refractivity contribution < 1.29 is 4.42 Å². The van der Waals surface area contributed by atoms with Gasteiger partial charge in [-0.2, -0.15) is 0 Å². The summed E-state index contributed by atoms with van der Waals surface area (Å²) >= 11 is 0. The summed E-state index contributed by atoms with van der Waals surface area (Å²) in [5.74, 6) is 0.889. The number of para-hydroxylation sites is 2.